The van der Waals surface area contributed by atoms with Crippen LogP contribution in [-0.4, -0.2) is 57.7 Å². The number of rotatable bonds is 5. The first kappa shape index (κ1) is 17.8. The average molecular weight is 360 g/mol. The Morgan fingerprint density at radius 3 is 2.58 bits per heavy atom. The summed E-state index contributed by atoms with van der Waals surface area (Å²) >= 11 is 0. The number of nitro benzene ring substituents is 1. The standard InChI is InChI=1S/C17H20N4O5/c1-3-18(4-2)15(22)13-8-9-14-16(23)19(17(24)20(13)14)11-6-5-7-12(10-11)21(25)26/h5-7,10,13-14H,3-4,8-9H2,1-2H3. The van der Waals surface area contributed by atoms with Gasteiger partial charge in [0.05, 0.1) is 10.6 Å². The van der Waals surface area contributed by atoms with Gasteiger partial charge in [-0.1, -0.05) is 6.07 Å². The Morgan fingerprint density at radius 1 is 1.27 bits per heavy atom. The summed E-state index contributed by atoms with van der Waals surface area (Å²) in [7, 11) is 0. The van der Waals surface area contributed by atoms with Crippen molar-refractivity contribution in [3.8, 4) is 0 Å². The zero-order valence-electron chi connectivity index (χ0n) is 14.6. The van der Waals surface area contributed by atoms with E-state index in [9.17, 15) is 24.5 Å². The lowest BCUT2D eigenvalue weighted by atomic mass is 10.1. The van der Waals surface area contributed by atoms with Crippen molar-refractivity contribution in [1.29, 1.82) is 0 Å². The molecule has 3 rings (SSSR count). The molecule has 2 aliphatic heterocycles. The highest BCUT2D eigenvalue weighted by molar-refractivity contribution is 6.22. The fourth-order valence-electron chi connectivity index (χ4n) is 3.65. The summed E-state index contributed by atoms with van der Waals surface area (Å²) in [6.45, 7) is 4.78. The Labute approximate surface area is 150 Å². The molecule has 2 fully saturated rings. The number of carbonyl (C=O) groups is 3. The van der Waals surface area contributed by atoms with Crippen LogP contribution in [0.4, 0.5) is 16.2 Å². The van der Waals surface area contributed by atoms with Crippen molar-refractivity contribution in [2.24, 2.45) is 0 Å². The number of anilines is 1. The predicted octanol–water partition coefficient (Wildman–Crippen LogP) is 1.76. The zero-order chi connectivity index (χ0) is 19.0. The first-order chi connectivity index (χ1) is 12.4. The lowest BCUT2D eigenvalue weighted by Crippen LogP contribution is -2.48. The lowest BCUT2D eigenvalue weighted by molar-refractivity contribution is -0.384. The number of amides is 4. The van der Waals surface area contributed by atoms with E-state index in [4.69, 9.17) is 0 Å². The van der Waals surface area contributed by atoms with Gasteiger partial charge in [0, 0.05) is 25.2 Å². The van der Waals surface area contributed by atoms with E-state index in [1.165, 1.54) is 29.2 Å². The molecule has 1 aromatic carbocycles. The number of nitro groups is 1. The molecule has 26 heavy (non-hydrogen) atoms. The van der Waals surface area contributed by atoms with E-state index in [1.807, 2.05) is 13.8 Å². The summed E-state index contributed by atoms with van der Waals surface area (Å²) in [4.78, 5) is 52.6. The fourth-order valence-corrected chi connectivity index (χ4v) is 3.65. The number of hydrogen-bond donors (Lipinski definition) is 0. The van der Waals surface area contributed by atoms with Gasteiger partial charge < -0.3 is 4.90 Å². The van der Waals surface area contributed by atoms with Crippen molar-refractivity contribution >= 4 is 29.2 Å². The van der Waals surface area contributed by atoms with Gasteiger partial charge in [-0.05, 0) is 32.8 Å². The molecule has 0 radical (unpaired) electrons. The molecule has 2 unspecified atom stereocenters. The van der Waals surface area contributed by atoms with Crippen molar-refractivity contribution in [1.82, 2.24) is 9.80 Å². The highest BCUT2D eigenvalue weighted by Crippen LogP contribution is 2.36. The molecule has 2 heterocycles. The number of urea groups is 1. The smallest absolute Gasteiger partial charge is 0.332 e. The summed E-state index contributed by atoms with van der Waals surface area (Å²) in [5, 5.41) is 11.0. The number of nitrogens with zero attached hydrogens (tertiary/aromatic N) is 4. The molecule has 0 aliphatic carbocycles. The third kappa shape index (κ3) is 2.69. The topological polar surface area (TPSA) is 104 Å². The summed E-state index contributed by atoms with van der Waals surface area (Å²) in [5.41, 5.74) is -0.0523. The van der Waals surface area contributed by atoms with Gasteiger partial charge in [0.2, 0.25) is 5.91 Å². The Bertz CT molecular complexity index is 776. The third-order valence-electron chi connectivity index (χ3n) is 4.96. The van der Waals surface area contributed by atoms with Gasteiger partial charge >= 0.3 is 6.03 Å². The average Bonchev–Trinajstić information content (AvgIpc) is 3.16. The summed E-state index contributed by atoms with van der Waals surface area (Å²) in [5.74, 6) is -0.607. The summed E-state index contributed by atoms with van der Waals surface area (Å²) in [6.07, 6.45) is 0.855. The Kier molecular flexibility index (Phi) is 4.62. The monoisotopic (exact) mass is 360 g/mol. The molecule has 0 N–H and O–H groups in total. The molecule has 9 heteroatoms. The van der Waals surface area contributed by atoms with Crippen LogP contribution >= 0.6 is 0 Å². The molecule has 2 saturated heterocycles. The van der Waals surface area contributed by atoms with Gasteiger partial charge in [-0.2, -0.15) is 0 Å². The predicted molar refractivity (Wildman–Crippen MR) is 92.6 cm³/mol. The molecule has 4 amide bonds. The van der Waals surface area contributed by atoms with E-state index >= 15 is 0 Å². The summed E-state index contributed by atoms with van der Waals surface area (Å²) in [6, 6.07) is 3.44. The van der Waals surface area contributed by atoms with Crippen molar-refractivity contribution in [3.05, 3.63) is 34.4 Å². The maximum atomic E-state index is 12.9. The van der Waals surface area contributed by atoms with Gasteiger partial charge in [-0.25, -0.2) is 9.69 Å². The van der Waals surface area contributed by atoms with Crippen LogP contribution in [-0.2, 0) is 9.59 Å². The summed E-state index contributed by atoms with van der Waals surface area (Å²) < 4.78 is 0. The maximum absolute atomic E-state index is 12.9. The third-order valence-corrected chi connectivity index (χ3v) is 4.96. The van der Waals surface area contributed by atoms with E-state index in [2.05, 4.69) is 0 Å². The van der Waals surface area contributed by atoms with Crippen LogP contribution < -0.4 is 4.90 Å². The zero-order valence-corrected chi connectivity index (χ0v) is 14.6. The number of benzene rings is 1. The van der Waals surface area contributed by atoms with Gasteiger partial charge in [0.15, 0.2) is 0 Å². The number of likely N-dealkylation sites (N-methyl/N-ethyl adjacent to an activating group) is 1. The minimum Gasteiger partial charge on any atom is -0.341 e. The highest BCUT2D eigenvalue weighted by Gasteiger charge is 2.54. The molecule has 0 bridgehead atoms. The van der Waals surface area contributed by atoms with Crippen LogP contribution in [0.15, 0.2) is 24.3 Å². The van der Waals surface area contributed by atoms with Crippen molar-refractivity contribution < 1.29 is 19.3 Å². The van der Waals surface area contributed by atoms with Crippen LogP contribution in [0.1, 0.15) is 26.7 Å². The molecular weight excluding hydrogens is 340 g/mol. The van der Waals surface area contributed by atoms with Gasteiger partial charge in [0.25, 0.3) is 11.6 Å². The Hall–Kier alpha value is -2.97. The normalized spacial score (nSPS) is 21.9. The highest BCUT2D eigenvalue weighted by atomic mass is 16.6. The van der Waals surface area contributed by atoms with E-state index < -0.39 is 28.9 Å². The molecule has 138 valence electrons. The molecule has 1 aromatic rings. The second-order valence-electron chi connectivity index (χ2n) is 6.26. The number of carbonyl (C=O) groups excluding carboxylic acids is 3. The van der Waals surface area contributed by atoms with Gasteiger partial charge in [-0.15, -0.1) is 0 Å². The van der Waals surface area contributed by atoms with Crippen LogP contribution in [0.5, 0.6) is 0 Å². The van der Waals surface area contributed by atoms with Crippen molar-refractivity contribution in [2.75, 3.05) is 18.0 Å². The molecule has 0 spiro atoms. The SMILES string of the molecule is CCN(CC)C(=O)C1CCC2C(=O)N(c3cccc([N+](=O)[O-])c3)C(=O)N12. The molecular formula is C17H20N4O5. The molecule has 2 aliphatic rings. The van der Waals surface area contributed by atoms with Crippen molar-refractivity contribution in [2.45, 2.75) is 38.8 Å². The number of fused-ring (bicyclic) bond motifs is 1. The fraction of sp³-hybridized carbons (Fsp3) is 0.471. The minimum absolute atomic E-state index is 0.151. The van der Waals surface area contributed by atoms with Crippen LogP contribution in [0.2, 0.25) is 0 Å². The van der Waals surface area contributed by atoms with Crippen LogP contribution in [0.3, 0.4) is 0 Å². The number of imide groups is 1. The Balaban J connectivity index is 1.91. The quantitative estimate of drug-likeness (QED) is 0.452. The van der Waals surface area contributed by atoms with Gasteiger partial charge in [-0.3, -0.25) is 24.6 Å². The van der Waals surface area contributed by atoms with Crippen LogP contribution in [0.25, 0.3) is 0 Å². The molecule has 2 atom stereocenters. The first-order valence-corrected chi connectivity index (χ1v) is 8.60. The molecule has 0 aromatic heterocycles. The first-order valence-electron chi connectivity index (χ1n) is 8.60. The maximum Gasteiger partial charge on any atom is 0.332 e. The van der Waals surface area contributed by atoms with Crippen molar-refractivity contribution in [3.63, 3.8) is 0 Å². The van der Waals surface area contributed by atoms with Gasteiger partial charge in [0.1, 0.15) is 12.1 Å². The second-order valence-corrected chi connectivity index (χ2v) is 6.26. The second kappa shape index (κ2) is 6.74. The van der Waals surface area contributed by atoms with E-state index in [1.54, 1.807) is 4.90 Å². The largest absolute Gasteiger partial charge is 0.341 e. The van der Waals surface area contributed by atoms with Crippen LogP contribution in [0, 0.1) is 10.1 Å². The number of non-ortho nitro benzene ring substituents is 1. The molecule has 0 saturated carbocycles. The van der Waals surface area contributed by atoms with E-state index in [0.717, 1.165) is 4.90 Å². The minimum atomic E-state index is -0.689. The number of hydrogen-bond acceptors (Lipinski definition) is 5. The van der Waals surface area contributed by atoms with E-state index in [-0.39, 0.29) is 17.3 Å². The van der Waals surface area contributed by atoms with E-state index in [0.29, 0.717) is 25.9 Å². The lowest BCUT2D eigenvalue weighted by Gasteiger charge is -2.28. The Morgan fingerprint density at radius 2 is 1.96 bits per heavy atom. The molecule has 9 nitrogen and oxygen atoms in total.